The van der Waals surface area contributed by atoms with E-state index in [1.165, 1.54) is 143 Å². The number of nitrogens with zero attached hydrogens (tertiary/aromatic N) is 2. The molecule has 2 rings (SSSR count). The van der Waals surface area contributed by atoms with E-state index in [0.717, 1.165) is 69.8 Å². The summed E-state index contributed by atoms with van der Waals surface area (Å²) in [5.41, 5.74) is 18.6. The second-order valence-electron chi connectivity index (χ2n) is 14.8. The van der Waals surface area contributed by atoms with Crippen molar-refractivity contribution in [2.45, 2.75) is 201 Å². The number of allylic oxidation sites excluding steroid dienone is 2. The van der Waals surface area contributed by atoms with Crippen molar-refractivity contribution in [1.29, 1.82) is 0 Å². The summed E-state index contributed by atoms with van der Waals surface area (Å²) >= 11 is 0. The van der Waals surface area contributed by atoms with Gasteiger partial charge in [0, 0.05) is 12.8 Å². The third kappa shape index (κ3) is 19.4. The van der Waals surface area contributed by atoms with Gasteiger partial charge in [0.15, 0.2) is 0 Å². The average molecular weight is 691 g/mol. The maximum atomic E-state index is 9.73. The highest BCUT2D eigenvalue weighted by Gasteiger charge is 2.20. The van der Waals surface area contributed by atoms with Crippen molar-refractivity contribution in [2.24, 2.45) is 0 Å². The molecule has 0 heterocycles. The zero-order valence-corrected chi connectivity index (χ0v) is 33.6. The summed E-state index contributed by atoms with van der Waals surface area (Å²) in [5, 5.41) is 0. The van der Waals surface area contributed by atoms with Crippen LogP contribution < -0.4 is 0 Å². The van der Waals surface area contributed by atoms with Crippen LogP contribution in [0, 0.1) is 11.8 Å². The van der Waals surface area contributed by atoms with Crippen molar-refractivity contribution in [1.82, 2.24) is 0 Å². The Morgan fingerprint density at radius 2 is 1.06 bits per heavy atom. The van der Waals surface area contributed by atoms with E-state index in [2.05, 4.69) is 98.7 Å². The van der Waals surface area contributed by atoms with Gasteiger partial charge in [0.1, 0.15) is 0 Å². The predicted octanol–water partition coefficient (Wildman–Crippen LogP) is 15.2. The van der Waals surface area contributed by atoms with Gasteiger partial charge in [-0.2, -0.15) is 0 Å². The SMILES string of the molecule is CCCCCCCCCCCCCC#CCCc1ccccc1C(=C(CCCC)C(=C=[N+]=[N-])CCCC)c1ccc(CCCCCCCC)cc1. The first-order valence-corrected chi connectivity index (χ1v) is 21.5. The van der Waals surface area contributed by atoms with E-state index in [1.807, 2.05) is 0 Å². The minimum Gasteiger partial charge on any atom is -0.348 e. The molecular weight excluding hydrogens is 617 g/mol. The quantitative estimate of drug-likeness (QED) is 0.0203. The van der Waals surface area contributed by atoms with Gasteiger partial charge in [-0.1, -0.05) is 185 Å². The maximum Gasteiger partial charge on any atom is 0.303 e. The zero-order valence-electron chi connectivity index (χ0n) is 33.6. The van der Waals surface area contributed by atoms with E-state index in [1.54, 1.807) is 0 Å². The fourth-order valence-corrected chi connectivity index (χ4v) is 7.14. The standard InChI is InChI=1S/C49H74N2/c1-5-9-13-15-17-18-19-20-21-22-23-24-25-27-29-34-44-35-30-31-37-47(44)49(48(36-12-8-4)46(42-51-50)33-11-7-3)45-40-38-43(39-41-45)32-28-26-16-14-10-6-2/h30-31,35,37-41H,5-24,26,28-29,32-34,36H2,1-4H3. The van der Waals surface area contributed by atoms with Crippen LogP contribution in [-0.4, -0.2) is 10.7 Å². The molecule has 0 aliphatic carbocycles. The van der Waals surface area contributed by atoms with E-state index in [4.69, 9.17) is 0 Å². The van der Waals surface area contributed by atoms with E-state index in [-0.39, 0.29) is 0 Å². The van der Waals surface area contributed by atoms with Crippen LogP contribution >= 0.6 is 0 Å². The molecular formula is C49H74N2. The third-order valence-corrected chi connectivity index (χ3v) is 10.3. The number of unbranched alkanes of at least 4 members (excludes halogenated alkanes) is 18. The molecule has 0 aromatic heterocycles. The van der Waals surface area contributed by atoms with Crippen LogP contribution in [0.25, 0.3) is 11.1 Å². The van der Waals surface area contributed by atoms with Crippen LogP contribution in [0.2, 0.25) is 0 Å². The van der Waals surface area contributed by atoms with E-state index >= 15 is 0 Å². The topological polar surface area (TPSA) is 36.4 Å². The molecule has 0 amide bonds. The van der Waals surface area contributed by atoms with Crippen molar-refractivity contribution < 1.29 is 4.79 Å². The molecule has 0 saturated carbocycles. The highest BCUT2D eigenvalue weighted by molar-refractivity contribution is 5.88. The second-order valence-corrected chi connectivity index (χ2v) is 14.8. The fourth-order valence-electron chi connectivity index (χ4n) is 7.14. The van der Waals surface area contributed by atoms with Crippen molar-refractivity contribution in [3.05, 3.63) is 87.5 Å². The minimum absolute atomic E-state index is 0.867. The Morgan fingerprint density at radius 1 is 0.529 bits per heavy atom. The molecule has 2 nitrogen and oxygen atoms in total. The van der Waals surface area contributed by atoms with Crippen molar-refractivity contribution in [2.75, 3.05) is 0 Å². The van der Waals surface area contributed by atoms with Gasteiger partial charge in [-0.25, -0.2) is 0 Å². The summed E-state index contributed by atoms with van der Waals surface area (Å²) in [6, 6.07) is 18.3. The Kier molecular flexibility index (Phi) is 26.4. The first-order chi connectivity index (χ1) is 25.2. The molecule has 2 aromatic rings. The summed E-state index contributed by atoms with van der Waals surface area (Å²) in [6.07, 6.45) is 33.1. The summed E-state index contributed by atoms with van der Waals surface area (Å²) in [4.78, 5) is 3.47. The van der Waals surface area contributed by atoms with Crippen LogP contribution in [0.4, 0.5) is 0 Å². The van der Waals surface area contributed by atoms with Gasteiger partial charge in [0.2, 0.25) is 0 Å². The summed E-state index contributed by atoms with van der Waals surface area (Å²) in [6.45, 7) is 9.05. The summed E-state index contributed by atoms with van der Waals surface area (Å²) in [5.74, 6) is 10.1. The lowest BCUT2D eigenvalue weighted by atomic mass is 9.83. The molecule has 0 atom stereocenters. The van der Waals surface area contributed by atoms with Gasteiger partial charge in [-0.05, 0) is 84.8 Å². The molecule has 0 bridgehead atoms. The highest BCUT2D eigenvalue weighted by Crippen LogP contribution is 2.36. The normalized spacial score (nSPS) is 11.4. The van der Waals surface area contributed by atoms with Crippen molar-refractivity contribution in [3.63, 3.8) is 0 Å². The van der Waals surface area contributed by atoms with Crippen LogP contribution in [-0.2, 0) is 12.8 Å². The van der Waals surface area contributed by atoms with Crippen LogP contribution in [0.5, 0.6) is 0 Å². The number of aryl methyl sites for hydroxylation is 2. The average Bonchev–Trinajstić information content (AvgIpc) is 3.15. The molecule has 2 aromatic carbocycles. The largest absolute Gasteiger partial charge is 0.348 e. The molecule has 0 aliphatic heterocycles. The zero-order chi connectivity index (χ0) is 36.6. The number of hydrogen-bond acceptors (Lipinski definition) is 0. The smallest absolute Gasteiger partial charge is 0.303 e. The highest BCUT2D eigenvalue weighted by atomic mass is 14.8. The summed E-state index contributed by atoms with van der Waals surface area (Å²) < 4.78 is 0. The van der Waals surface area contributed by atoms with Gasteiger partial charge in [0.25, 0.3) is 0 Å². The molecule has 51 heavy (non-hydrogen) atoms. The van der Waals surface area contributed by atoms with Gasteiger partial charge in [0.05, 0.1) is 5.57 Å². The third-order valence-electron chi connectivity index (χ3n) is 10.3. The van der Waals surface area contributed by atoms with E-state index < -0.39 is 0 Å². The van der Waals surface area contributed by atoms with E-state index in [9.17, 15) is 5.53 Å². The van der Waals surface area contributed by atoms with Crippen LogP contribution in [0.3, 0.4) is 0 Å². The lowest BCUT2D eigenvalue weighted by Gasteiger charge is -2.20. The van der Waals surface area contributed by atoms with Crippen LogP contribution in [0.15, 0.2) is 59.7 Å². The maximum absolute atomic E-state index is 9.73. The Bertz CT molecular complexity index is 1350. The second kappa shape index (κ2) is 30.5. The molecule has 0 radical (unpaired) electrons. The van der Waals surface area contributed by atoms with Gasteiger partial charge in [-0.15, -0.1) is 16.6 Å². The van der Waals surface area contributed by atoms with Gasteiger partial charge < -0.3 is 5.53 Å². The van der Waals surface area contributed by atoms with Gasteiger partial charge >= 0.3 is 5.87 Å². The predicted molar refractivity (Wildman–Crippen MR) is 224 cm³/mol. The minimum atomic E-state index is 0.867. The Labute approximate surface area is 315 Å². The Morgan fingerprint density at radius 3 is 1.67 bits per heavy atom. The molecule has 280 valence electrons. The first-order valence-electron chi connectivity index (χ1n) is 21.5. The Balaban J connectivity index is 2.21. The van der Waals surface area contributed by atoms with E-state index in [0.29, 0.717) is 0 Å². The monoisotopic (exact) mass is 691 g/mol. The molecule has 0 fully saturated rings. The van der Waals surface area contributed by atoms with Gasteiger partial charge in [-0.3, -0.25) is 0 Å². The fraction of sp³-hybridized carbons (Fsp3) is 0.633. The van der Waals surface area contributed by atoms with Crippen molar-refractivity contribution in [3.8, 4) is 11.8 Å². The molecule has 0 spiro atoms. The first kappa shape index (κ1) is 44.1. The number of rotatable bonds is 29. The molecule has 0 saturated heterocycles. The summed E-state index contributed by atoms with van der Waals surface area (Å²) in [7, 11) is 0. The number of benzene rings is 2. The lowest BCUT2D eigenvalue weighted by Crippen LogP contribution is -2.03. The molecule has 0 N–H and O–H groups in total. The van der Waals surface area contributed by atoms with Crippen LogP contribution in [0.1, 0.15) is 210 Å². The number of hydrogen-bond donors (Lipinski definition) is 0. The molecule has 0 unspecified atom stereocenters. The molecule has 2 heteroatoms. The molecule has 0 aliphatic rings. The van der Waals surface area contributed by atoms with Crippen molar-refractivity contribution >= 4 is 11.4 Å². The lowest BCUT2D eigenvalue weighted by molar-refractivity contribution is 0.00739. The Hall–Kier alpha value is -3.10.